The topological polar surface area (TPSA) is 74.6 Å². The summed E-state index contributed by atoms with van der Waals surface area (Å²) in [4.78, 5) is 20.4. The molecule has 0 aliphatic heterocycles. The van der Waals surface area contributed by atoms with Crippen molar-refractivity contribution in [3.63, 3.8) is 0 Å². The Bertz CT molecular complexity index is 516. The molecular weight excluding hydrogens is 244 g/mol. The molecule has 0 aliphatic rings. The Labute approximate surface area is 111 Å². The van der Waals surface area contributed by atoms with Crippen LogP contribution in [-0.2, 0) is 6.42 Å². The molecule has 2 aromatic rings. The number of hydrogen-bond donors (Lipinski definition) is 2. The molecular formula is C15H14O4. The van der Waals surface area contributed by atoms with Gasteiger partial charge in [0.2, 0.25) is 0 Å². The zero-order chi connectivity index (χ0) is 14.1. The summed E-state index contributed by atoms with van der Waals surface area (Å²) in [6.07, 6.45) is -1.36. The SMILES string of the molecule is O=C(Cc1ccccc1)c1ccccc1.O=C(O)O. The molecule has 98 valence electrons. The molecule has 19 heavy (non-hydrogen) atoms. The summed E-state index contributed by atoms with van der Waals surface area (Å²) in [6.45, 7) is 0. The third kappa shape index (κ3) is 6.02. The van der Waals surface area contributed by atoms with Crippen LogP contribution in [0.5, 0.6) is 0 Å². The fourth-order valence-electron chi connectivity index (χ4n) is 1.51. The minimum Gasteiger partial charge on any atom is -0.450 e. The van der Waals surface area contributed by atoms with Gasteiger partial charge >= 0.3 is 6.16 Å². The van der Waals surface area contributed by atoms with Crippen molar-refractivity contribution >= 4 is 11.9 Å². The van der Waals surface area contributed by atoms with E-state index in [1.54, 1.807) is 0 Å². The van der Waals surface area contributed by atoms with Crippen LogP contribution in [0.3, 0.4) is 0 Å². The summed E-state index contributed by atoms with van der Waals surface area (Å²) in [6, 6.07) is 19.2. The molecule has 0 saturated carbocycles. The van der Waals surface area contributed by atoms with Gasteiger partial charge in [-0.05, 0) is 5.56 Å². The van der Waals surface area contributed by atoms with E-state index >= 15 is 0 Å². The number of ketones is 1. The maximum Gasteiger partial charge on any atom is 0.503 e. The molecule has 0 spiro atoms. The summed E-state index contributed by atoms with van der Waals surface area (Å²) >= 11 is 0. The van der Waals surface area contributed by atoms with E-state index in [-0.39, 0.29) is 5.78 Å². The molecule has 0 unspecified atom stereocenters. The lowest BCUT2D eigenvalue weighted by atomic mass is 10.0. The van der Waals surface area contributed by atoms with Gasteiger partial charge in [0.1, 0.15) is 0 Å². The van der Waals surface area contributed by atoms with Crippen molar-refractivity contribution in [1.82, 2.24) is 0 Å². The van der Waals surface area contributed by atoms with E-state index in [0.29, 0.717) is 6.42 Å². The van der Waals surface area contributed by atoms with Crippen LogP contribution in [0.2, 0.25) is 0 Å². The van der Waals surface area contributed by atoms with Crippen LogP contribution in [0.15, 0.2) is 60.7 Å². The number of Topliss-reactive ketones (excluding diaryl/α,β-unsaturated/α-hetero) is 1. The van der Waals surface area contributed by atoms with Crippen LogP contribution in [-0.4, -0.2) is 22.2 Å². The Morgan fingerprint density at radius 2 is 1.21 bits per heavy atom. The van der Waals surface area contributed by atoms with E-state index in [9.17, 15) is 4.79 Å². The lowest BCUT2D eigenvalue weighted by Gasteiger charge is -2.00. The summed E-state index contributed by atoms with van der Waals surface area (Å²) in [5.41, 5.74) is 1.84. The predicted molar refractivity (Wildman–Crippen MR) is 71.6 cm³/mol. The summed E-state index contributed by atoms with van der Waals surface area (Å²) in [7, 11) is 0. The second-order valence-corrected chi connectivity index (χ2v) is 3.73. The highest BCUT2D eigenvalue weighted by Crippen LogP contribution is 2.06. The smallest absolute Gasteiger partial charge is 0.450 e. The van der Waals surface area contributed by atoms with E-state index in [1.165, 1.54) is 0 Å². The van der Waals surface area contributed by atoms with Gasteiger partial charge in [0.25, 0.3) is 0 Å². The largest absolute Gasteiger partial charge is 0.503 e. The standard InChI is InChI=1S/C14H12O.CH2O3/c15-14(13-9-5-2-6-10-13)11-12-7-3-1-4-8-12;2-1(3)4/h1-10H,11H2;(H2,2,3,4). The molecule has 0 saturated heterocycles. The first kappa shape index (κ1) is 14.4. The number of hydrogen-bond acceptors (Lipinski definition) is 2. The normalized spacial score (nSPS) is 9.05. The van der Waals surface area contributed by atoms with Gasteiger partial charge in [0, 0.05) is 12.0 Å². The van der Waals surface area contributed by atoms with Crippen molar-refractivity contribution in [2.45, 2.75) is 6.42 Å². The van der Waals surface area contributed by atoms with Gasteiger partial charge in [-0.1, -0.05) is 60.7 Å². The number of rotatable bonds is 3. The quantitative estimate of drug-likeness (QED) is 0.828. The van der Waals surface area contributed by atoms with Gasteiger partial charge < -0.3 is 10.2 Å². The van der Waals surface area contributed by atoms with Gasteiger partial charge in [-0.3, -0.25) is 4.79 Å². The number of carboxylic acid groups (broad SMARTS) is 2. The van der Waals surface area contributed by atoms with Crippen LogP contribution in [0.4, 0.5) is 4.79 Å². The van der Waals surface area contributed by atoms with Gasteiger partial charge in [-0.15, -0.1) is 0 Å². The molecule has 0 radical (unpaired) electrons. The van der Waals surface area contributed by atoms with Crippen LogP contribution in [0.25, 0.3) is 0 Å². The fraction of sp³-hybridized carbons (Fsp3) is 0.0667. The Morgan fingerprint density at radius 3 is 1.68 bits per heavy atom. The molecule has 0 aromatic heterocycles. The molecule has 4 nitrogen and oxygen atoms in total. The molecule has 4 heteroatoms. The van der Waals surface area contributed by atoms with Crippen LogP contribution >= 0.6 is 0 Å². The van der Waals surface area contributed by atoms with Crippen molar-refractivity contribution in [3.8, 4) is 0 Å². The monoisotopic (exact) mass is 258 g/mol. The van der Waals surface area contributed by atoms with E-state index in [2.05, 4.69) is 0 Å². The van der Waals surface area contributed by atoms with E-state index in [0.717, 1.165) is 11.1 Å². The molecule has 0 amide bonds. The van der Waals surface area contributed by atoms with Crippen molar-refractivity contribution in [2.75, 3.05) is 0 Å². The van der Waals surface area contributed by atoms with Crippen LogP contribution < -0.4 is 0 Å². The van der Waals surface area contributed by atoms with Crippen molar-refractivity contribution < 1.29 is 19.8 Å². The van der Waals surface area contributed by atoms with Gasteiger partial charge in [0.15, 0.2) is 5.78 Å². The minimum atomic E-state index is -1.83. The fourth-order valence-corrected chi connectivity index (χ4v) is 1.51. The van der Waals surface area contributed by atoms with Crippen LogP contribution in [0, 0.1) is 0 Å². The van der Waals surface area contributed by atoms with Gasteiger partial charge in [0.05, 0.1) is 0 Å². The number of benzene rings is 2. The van der Waals surface area contributed by atoms with Gasteiger partial charge in [-0.25, -0.2) is 4.79 Å². The second-order valence-electron chi connectivity index (χ2n) is 3.73. The summed E-state index contributed by atoms with van der Waals surface area (Å²) < 4.78 is 0. The van der Waals surface area contributed by atoms with Crippen molar-refractivity contribution in [1.29, 1.82) is 0 Å². The Hall–Kier alpha value is -2.62. The molecule has 0 fully saturated rings. The summed E-state index contributed by atoms with van der Waals surface area (Å²) in [5, 5.41) is 13.9. The van der Waals surface area contributed by atoms with E-state index in [4.69, 9.17) is 15.0 Å². The third-order valence-electron chi connectivity index (χ3n) is 2.30. The summed E-state index contributed by atoms with van der Waals surface area (Å²) in [5.74, 6) is 0.168. The Balaban J connectivity index is 0.000000399. The van der Waals surface area contributed by atoms with Gasteiger partial charge in [-0.2, -0.15) is 0 Å². The number of carbonyl (C=O) groups is 2. The average molecular weight is 258 g/mol. The first-order chi connectivity index (χ1) is 9.09. The second kappa shape index (κ2) is 7.66. The highest BCUT2D eigenvalue weighted by Gasteiger charge is 2.05. The third-order valence-corrected chi connectivity index (χ3v) is 2.30. The molecule has 0 atom stereocenters. The van der Waals surface area contributed by atoms with Crippen molar-refractivity contribution in [3.05, 3.63) is 71.8 Å². The Kier molecular flexibility index (Phi) is 5.82. The average Bonchev–Trinajstić information content (AvgIpc) is 2.40. The first-order valence-corrected chi connectivity index (χ1v) is 5.63. The molecule has 2 N–H and O–H groups in total. The minimum absolute atomic E-state index is 0.168. The lowest BCUT2D eigenvalue weighted by Crippen LogP contribution is -2.02. The molecule has 2 rings (SSSR count). The number of carbonyl (C=O) groups excluding carboxylic acids is 1. The molecule has 2 aromatic carbocycles. The van der Waals surface area contributed by atoms with Crippen LogP contribution in [0.1, 0.15) is 15.9 Å². The highest BCUT2D eigenvalue weighted by atomic mass is 16.6. The highest BCUT2D eigenvalue weighted by molar-refractivity contribution is 5.97. The molecule has 0 heterocycles. The van der Waals surface area contributed by atoms with E-state index < -0.39 is 6.16 Å². The zero-order valence-electron chi connectivity index (χ0n) is 10.2. The molecule has 0 bridgehead atoms. The zero-order valence-corrected chi connectivity index (χ0v) is 10.2. The van der Waals surface area contributed by atoms with E-state index in [1.807, 2.05) is 60.7 Å². The maximum atomic E-state index is 11.8. The predicted octanol–water partition coefficient (Wildman–Crippen LogP) is 3.33. The maximum absolute atomic E-state index is 11.8. The lowest BCUT2D eigenvalue weighted by molar-refractivity contribution is 0.0992. The Morgan fingerprint density at radius 1 is 0.789 bits per heavy atom. The first-order valence-electron chi connectivity index (χ1n) is 5.63. The van der Waals surface area contributed by atoms with Crippen molar-refractivity contribution in [2.24, 2.45) is 0 Å². The molecule has 0 aliphatic carbocycles.